The minimum Gasteiger partial charge on any atom is -0.490 e. The third-order valence-corrected chi connectivity index (χ3v) is 7.65. The summed E-state index contributed by atoms with van der Waals surface area (Å²) in [7, 11) is 0. The topological polar surface area (TPSA) is 64.7 Å². The lowest BCUT2D eigenvalue weighted by Gasteiger charge is -2.58. The minimum atomic E-state index is -2.94. The number of aryl methyl sites for hydroxylation is 1. The molecule has 1 spiro atoms. The van der Waals surface area contributed by atoms with Gasteiger partial charge in [-0.25, -0.2) is 4.39 Å². The van der Waals surface area contributed by atoms with Gasteiger partial charge in [0.1, 0.15) is 17.9 Å². The van der Waals surface area contributed by atoms with E-state index in [4.69, 9.17) is 16.3 Å². The predicted octanol–water partition coefficient (Wildman–Crippen LogP) is 4.71. The van der Waals surface area contributed by atoms with Crippen LogP contribution in [0.1, 0.15) is 31.4 Å². The summed E-state index contributed by atoms with van der Waals surface area (Å²) in [6.07, 6.45) is 7.23. The van der Waals surface area contributed by atoms with Gasteiger partial charge in [-0.3, -0.25) is 13.8 Å². The molecular formula is C25H23ClF3N5O2. The number of hydrogen-bond acceptors (Lipinski definition) is 5. The van der Waals surface area contributed by atoms with Crippen LogP contribution in [0.3, 0.4) is 0 Å². The fraction of sp³-hybridized carbons (Fsp3) is 0.400. The van der Waals surface area contributed by atoms with Crippen LogP contribution in [0.5, 0.6) is 5.75 Å². The van der Waals surface area contributed by atoms with E-state index in [-0.39, 0.29) is 27.7 Å². The van der Waals surface area contributed by atoms with Crippen molar-refractivity contribution in [2.24, 2.45) is 5.41 Å². The summed E-state index contributed by atoms with van der Waals surface area (Å²) >= 11 is 6.15. The molecule has 1 aliphatic carbocycles. The number of pyridine rings is 2. The number of aromatic nitrogens is 4. The van der Waals surface area contributed by atoms with Crippen molar-refractivity contribution < 1.29 is 17.9 Å². The normalized spacial score (nSPS) is 17.7. The average Bonchev–Trinajstić information content (AvgIpc) is 3.24. The van der Waals surface area contributed by atoms with Gasteiger partial charge in [-0.1, -0.05) is 11.6 Å². The Morgan fingerprint density at radius 1 is 1.22 bits per heavy atom. The molecule has 11 heteroatoms. The maximum Gasteiger partial charge on any atom is 0.321 e. The van der Waals surface area contributed by atoms with Crippen molar-refractivity contribution in [3.63, 3.8) is 0 Å². The first-order valence-corrected chi connectivity index (χ1v) is 12.2. The number of benzene rings is 1. The maximum absolute atomic E-state index is 14.3. The van der Waals surface area contributed by atoms with E-state index >= 15 is 0 Å². The SMILES string of the molecule is O=c1c2c(Cl)ccc(OC3CC4(C3)CN(CCCc3cc5nncn5cc3F)C4)c2ccn1C(F)F. The highest BCUT2D eigenvalue weighted by Crippen LogP contribution is 2.50. The molecule has 0 radical (unpaired) electrons. The van der Waals surface area contributed by atoms with Crippen molar-refractivity contribution in [3.05, 3.63) is 69.7 Å². The summed E-state index contributed by atoms with van der Waals surface area (Å²) in [4.78, 5) is 14.8. The van der Waals surface area contributed by atoms with Crippen LogP contribution in [0, 0.1) is 11.2 Å². The minimum absolute atomic E-state index is 0.00182. The third kappa shape index (κ3) is 4.02. The van der Waals surface area contributed by atoms with Crippen LogP contribution in [0.2, 0.25) is 5.02 Å². The van der Waals surface area contributed by atoms with E-state index in [1.165, 1.54) is 24.7 Å². The van der Waals surface area contributed by atoms with E-state index in [1.54, 1.807) is 16.5 Å². The van der Waals surface area contributed by atoms with Crippen LogP contribution in [0.4, 0.5) is 13.2 Å². The number of halogens is 4. The largest absolute Gasteiger partial charge is 0.490 e. The Morgan fingerprint density at radius 3 is 2.81 bits per heavy atom. The number of hydrogen-bond donors (Lipinski definition) is 0. The molecule has 1 saturated heterocycles. The molecule has 2 fully saturated rings. The highest BCUT2D eigenvalue weighted by atomic mass is 35.5. The third-order valence-electron chi connectivity index (χ3n) is 7.33. The predicted molar refractivity (Wildman–Crippen MR) is 128 cm³/mol. The van der Waals surface area contributed by atoms with Crippen molar-refractivity contribution in [1.29, 1.82) is 0 Å². The zero-order valence-corrected chi connectivity index (χ0v) is 20.0. The van der Waals surface area contributed by atoms with E-state index in [1.807, 2.05) is 0 Å². The summed E-state index contributed by atoms with van der Waals surface area (Å²) in [5.41, 5.74) is 0.682. The Balaban J connectivity index is 1.02. The fourth-order valence-corrected chi connectivity index (χ4v) is 5.87. The number of alkyl halides is 2. The smallest absolute Gasteiger partial charge is 0.321 e. The molecule has 1 saturated carbocycles. The van der Waals surface area contributed by atoms with Gasteiger partial charge in [0, 0.05) is 36.3 Å². The Labute approximate surface area is 209 Å². The van der Waals surface area contributed by atoms with Crippen LogP contribution >= 0.6 is 11.6 Å². The second kappa shape index (κ2) is 8.77. The molecule has 0 atom stereocenters. The van der Waals surface area contributed by atoms with Crippen molar-refractivity contribution in [2.75, 3.05) is 19.6 Å². The lowest BCUT2D eigenvalue weighted by atomic mass is 9.61. The molecule has 4 aromatic rings. The summed E-state index contributed by atoms with van der Waals surface area (Å²) in [5.74, 6) is 0.236. The van der Waals surface area contributed by atoms with Crippen LogP contribution in [0.15, 0.2) is 47.8 Å². The van der Waals surface area contributed by atoms with Crippen molar-refractivity contribution in [3.8, 4) is 5.75 Å². The summed E-state index contributed by atoms with van der Waals surface area (Å²) in [5, 5.41) is 8.37. The van der Waals surface area contributed by atoms with E-state index in [9.17, 15) is 18.0 Å². The Hall–Kier alpha value is -3.11. The molecule has 6 rings (SSSR count). The standard InChI is InChI=1S/C25H23ClF3N5O2/c26-18-3-4-20(17-5-7-34(24(28)29)23(35)22(17)18)36-16-9-25(10-16)12-32(13-25)6-1-2-15-8-21-31-30-14-33(21)11-19(15)27/h3-5,7-8,11,14,16,24H,1-2,6,9-10,12-13H2. The molecule has 36 heavy (non-hydrogen) atoms. The molecule has 1 aliphatic heterocycles. The molecule has 7 nitrogen and oxygen atoms in total. The van der Waals surface area contributed by atoms with E-state index in [0.717, 1.165) is 45.1 Å². The second-order valence-electron chi connectivity index (χ2n) is 9.85. The highest BCUT2D eigenvalue weighted by molar-refractivity contribution is 6.35. The highest BCUT2D eigenvalue weighted by Gasteiger charge is 2.53. The number of likely N-dealkylation sites (tertiary alicyclic amines) is 1. The zero-order chi connectivity index (χ0) is 25.0. The van der Waals surface area contributed by atoms with Crippen LogP contribution in [-0.4, -0.2) is 49.8 Å². The van der Waals surface area contributed by atoms with Crippen LogP contribution in [-0.2, 0) is 6.42 Å². The molecule has 0 unspecified atom stereocenters. The Bertz CT molecular complexity index is 1510. The first-order valence-electron chi connectivity index (χ1n) is 11.8. The number of nitrogens with zero attached hydrogens (tertiary/aromatic N) is 5. The van der Waals surface area contributed by atoms with Gasteiger partial charge in [0.05, 0.1) is 16.5 Å². The first-order chi connectivity index (χ1) is 17.3. The van der Waals surface area contributed by atoms with E-state index < -0.39 is 12.1 Å². The molecule has 0 amide bonds. The molecular weight excluding hydrogens is 495 g/mol. The van der Waals surface area contributed by atoms with Gasteiger partial charge in [0.2, 0.25) is 0 Å². The van der Waals surface area contributed by atoms with Gasteiger partial charge in [-0.2, -0.15) is 8.78 Å². The van der Waals surface area contributed by atoms with Crippen LogP contribution in [0.25, 0.3) is 16.4 Å². The second-order valence-corrected chi connectivity index (χ2v) is 10.3. The fourth-order valence-electron chi connectivity index (χ4n) is 5.62. The molecule has 188 valence electrons. The average molecular weight is 518 g/mol. The quantitative estimate of drug-likeness (QED) is 0.355. The van der Waals surface area contributed by atoms with Gasteiger partial charge >= 0.3 is 6.55 Å². The maximum atomic E-state index is 14.3. The van der Waals surface area contributed by atoms with Gasteiger partial charge < -0.3 is 9.64 Å². The molecule has 1 aromatic carbocycles. The Morgan fingerprint density at radius 2 is 2.03 bits per heavy atom. The van der Waals surface area contributed by atoms with E-state index in [2.05, 4.69) is 15.1 Å². The van der Waals surface area contributed by atoms with Gasteiger partial charge in [0.15, 0.2) is 5.65 Å². The van der Waals surface area contributed by atoms with Gasteiger partial charge in [-0.05, 0) is 62.1 Å². The molecule has 2 aliphatic rings. The molecule has 3 aromatic heterocycles. The first kappa shape index (κ1) is 23.3. The van der Waals surface area contributed by atoms with Crippen LogP contribution < -0.4 is 10.3 Å². The van der Waals surface area contributed by atoms with Gasteiger partial charge in [0.25, 0.3) is 5.56 Å². The summed E-state index contributed by atoms with van der Waals surface area (Å²) < 4.78 is 48.6. The molecule has 4 heterocycles. The Kier molecular flexibility index (Phi) is 5.68. The van der Waals surface area contributed by atoms with Crippen molar-refractivity contribution in [1.82, 2.24) is 24.1 Å². The lowest BCUT2D eigenvalue weighted by Crippen LogP contribution is -2.64. The van der Waals surface area contributed by atoms with Crippen molar-refractivity contribution >= 4 is 28.0 Å². The zero-order valence-electron chi connectivity index (χ0n) is 19.2. The molecule has 0 bridgehead atoms. The van der Waals surface area contributed by atoms with Crippen molar-refractivity contribution in [2.45, 2.75) is 38.3 Å². The number of ether oxygens (including phenoxy) is 1. The van der Waals surface area contributed by atoms with E-state index in [0.29, 0.717) is 33.3 Å². The summed E-state index contributed by atoms with van der Waals surface area (Å²) in [6.45, 7) is -0.104. The number of rotatable bonds is 7. The summed E-state index contributed by atoms with van der Waals surface area (Å²) in [6, 6.07) is 6.40. The number of fused-ring (bicyclic) bond motifs is 2. The molecule has 0 N–H and O–H groups in total. The monoisotopic (exact) mass is 517 g/mol. The lowest BCUT2D eigenvalue weighted by molar-refractivity contribution is -0.118. The van der Waals surface area contributed by atoms with Gasteiger partial charge in [-0.15, -0.1) is 10.2 Å².